The third kappa shape index (κ3) is 6.85. The molecule has 4 aromatic rings. The molecule has 1 N–H and O–H groups in total. The number of aromatic nitrogens is 2. The zero-order valence-corrected chi connectivity index (χ0v) is 21.4. The Hall–Kier alpha value is -3.39. The number of nitrogens with zero attached hydrogens (tertiary/aromatic N) is 3. The molecule has 2 aromatic carbocycles. The SMILES string of the molecule is Cc1ccc(Oc2c(CN(Cc3ccco3)CC(O)COC(C)C)c(-c3ccccc3)nn2C)cc1. The van der Waals surface area contributed by atoms with E-state index in [9.17, 15) is 5.11 Å². The Morgan fingerprint density at radius 2 is 1.75 bits per heavy atom. The maximum absolute atomic E-state index is 10.7. The minimum Gasteiger partial charge on any atom is -0.468 e. The van der Waals surface area contributed by atoms with Crippen LogP contribution in [-0.4, -0.2) is 45.1 Å². The van der Waals surface area contributed by atoms with Crippen molar-refractivity contribution in [3.8, 4) is 22.9 Å². The lowest BCUT2D eigenvalue weighted by atomic mass is 10.1. The Labute approximate surface area is 212 Å². The molecule has 0 spiro atoms. The summed E-state index contributed by atoms with van der Waals surface area (Å²) in [6, 6.07) is 21.9. The van der Waals surface area contributed by atoms with Crippen molar-refractivity contribution >= 4 is 0 Å². The molecule has 2 aromatic heterocycles. The smallest absolute Gasteiger partial charge is 0.222 e. The van der Waals surface area contributed by atoms with Gasteiger partial charge in [-0.2, -0.15) is 5.10 Å². The molecule has 0 saturated carbocycles. The third-order valence-electron chi connectivity index (χ3n) is 5.80. The quantitative estimate of drug-likeness (QED) is 0.281. The summed E-state index contributed by atoms with van der Waals surface area (Å²) >= 11 is 0. The van der Waals surface area contributed by atoms with Gasteiger partial charge in [-0.15, -0.1) is 0 Å². The maximum atomic E-state index is 10.7. The van der Waals surface area contributed by atoms with E-state index in [0.717, 1.165) is 28.3 Å². The van der Waals surface area contributed by atoms with Crippen LogP contribution in [0.4, 0.5) is 0 Å². The molecule has 0 aliphatic heterocycles. The van der Waals surface area contributed by atoms with Gasteiger partial charge in [0.25, 0.3) is 0 Å². The molecule has 7 heteroatoms. The molecule has 0 bridgehead atoms. The molecule has 0 aliphatic rings. The van der Waals surface area contributed by atoms with Crippen LogP contribution in [0.25, 0.3) is 11.3 Å². The summed E-state index contributed by atoms with van der Waals surface area (Å²) in [5.41, 5.74) is 3.95. The van der Waals surface area contributed by atoms with Crippen LogP contribution in [0.5, 0.6) is 11.6 Å². The number of benzene rings is 2. The molecule has 1 unspecified atom stereocenters. The highest BCUT2D eigenvalue weighted by Gasteiger charge is 2.24. The lowest BCUT2D eigenvalue weighted by Crippen LogP contribution is -2.35. The molecule has 0 fully saturated rings. The molecule has 0 aliphatic carbocycles. The maximum Gasteiger partial charge on any atom is 0.222 e. The van der Waals surface area contributed by atoms with Gasteiger partial charge in [0.1, 0.15) is 17.2 Å². The van der Waals surface area contributed by atoms with E-state index in [1.165, 1.54) is 5.56 Å². The number of aryl methyl sites for hydroxylation is 2. The van der Waals surface area contributed by atoms with Crippen LogP contribution in [0.15, 0.2) is 77.4 Å². The fraction of sp³-hybridized carbons (Fsp3) is 0.345. The lowest BCUT2D eigenvalue weighted by Gasteiger charge is -2.25. The van der Waals surface area contributed by atoms with E-state index in [1.807, 2.05) is 94.5 Å². The monoisotopic (exact) mass is 489 g/mol. The van der Waals surface area contributed by atoms with E-state index in [0.29, 0.717) is 25.5 Å². The molecule has 36 heavy (non-hydrogen) atoms. The van der Waals surface area contributed by atoms with Gasteiger partial charge in [0.2, 0.25) is 5.88 Å². The largest absolute Gasteiger partial charge is 0.468 e. The summed E-state index contributed by atoms with van der Waals surface area (Å²) in [7, 11) is 1.89. The second-order valence-electron chi connectivity index (χ2n) is 9.32. The summed E-state index contributed by atoms with van der Waals surface area (Å²) in [5.74, 6) is 2.22. The van der Waals surface area contributed by atoms with Crippen molar-refractivity contribution in [2.75, 3.05) is 13.2 Å². The second-order valence-corrected chi connectivity index (χ2v) is 9.32. The number of furan rings is 1. The summed E-state index contributed by atoms with van der Waals surface area (Å²) in [6.07, 6.45) is 1.06. The molecular formula is C29H35N3O4. The van der Waals surface area contributed by atoms with E-state index in [2.05, 4.69) is 4.90 Å². The van der Waals surface area contributed by atoms with Crippen molar-refractivity contribution in [1.82, 2.24) is 14.7 Å². The van der Waals surface area contributed by atoms with Crippen LogP contribution in [0.1, 0.15) is 30.7 Å². The van der Waals surface area contributed by atoms with Crippen molar-refractivity contribution in [2.45, 2.75) is 46.1 Å². The first-order chi connectivity index (χ1) is 17.4. The minimum atomic E-state index is -0.652. The van der Waals surface area contributed by atoms with Gasteiger partial charge in [0.15, 0.2) is 0 Å². The fourth-order valence-electron chi connectivity index (χ4n) is 4.05. The van der Waals surface area contributed by atoms with Gasteiger partial charge >= 0.3 is 0 Å². The molecule has 0 radical (unpaired) electrons. The predicted molar refractivity (Wildman–Crippen MR) is 140 cm³/mol. The van der Waals surface area contributed by atoms with E-state index in [4.69, 9.17) is 19.0 Å². The van der Waals surface area contributed by atoms with Crippen LogP contribution in [0.3, 0.4) is 0 Å². The van der Waals surface area contributed by atoms with Gasteiger partial charge in [-0.3, -0.25) is 4.90 Å². The first-order valence-electron chi connectivity index (χ1n) is 12.3. The summed E-state index contributed by atoms with van der Waals surface area (Å²) in [5, 5.41) is 15.6. The predicted octanol–water partition coefficient (Wildman–Crippen LogP) is 5.57. The van der Waals surface area contributed by atoms with E-state index in [1.54, 1.807) is 10.9 Å². The number of hydrogen-bond donors (Lipinski definition) is 1. The number of hydrogen-bond acceptors (Lipinski definition) is 6. The second kappa shape index (κ2) is 12.0. The molecule has 0 saturated heterocycles. The summed E-state index contributed by atoms with van der Waals surface area (Å²) in [4.78, 5) is 2.14. The highest BCUT2D eigenvalue weighted by atomic mass is 16.5. The molecule has 1 atom stereocenters. The van der Waals surface area contributed by atoms with Crippen molar-refractivity contribution in [3.63, 3.8) is 0 Å². The summed E-state index contributed by atoms with van der Waals surface area (Å²) < 4.78 is 19.4. The number of ether oxygens (including phenoxy) is 2. The first kappa shape index (κ1) is 25.7. The molecule has 7 nitrogen and oxygen atoms in total. The number of rotatable bonds is 12. The highest BCUT2D eigenvalue weighted by Crippen LogP contribution is 2.34. The van der Waals surface area contributed by atoms with E-state index < -0.39 is 6.10 Å². The molecule has 2 heterocycles. The average Bonchev–Trinajstić information content (AvgIpc) is 3.48. The van der Waals surface area contributed by atoms with Crippen LogP contribution < -0.4 is 4.74 Å². The zero-order chi connectivity index (χ0) is 25.5. The Morgan fingerprint density at radius 3 is 2.42 bits per heavy atom. The Kier molecular flexibility index (Phi) is 8.59. The number of aliphatic hydroxyl groups excluding tert-OH is 1. The van der Waals surface area contributed by atoms with Gasteiger partial charge in [0, 0.05) is 25.7 Å². The average molecular weight is 490 g/mol. The fourth-order valence-corrected chi connectivity index (χ4v) is 4.05. The standard InChI is InChI=1S/C29H35N3O4/c1-21(2)35-20-24(33)17-32(18-26-11-8-16-34-26)19-27-28(23-9-6-5-7-10-23)30-31(4)29(27)36-25-14-12-22(3)13-15-25/h5-16,21,24,33H,17-20H2,1-4H3. The van der Waals surface area contributed by atoms with E-state index >= 15 is 0 Å². The van der Waals surface area contributed by atoms with Crippen molar-refractivity contribution in [1.29, 1.82) is 0 Å². The summed E-state index contributed by atoms with van der Waals surface area (Å²) in [6.45, 7) is 7.66. The van der Waals surface area contributed by atoms with Gasteiger partial charge in [-0.05, 0) is 45.0 Å². The van der Waals surface area contributed by atoms with Gasteiger partial charge < -0.3 is 19.0 Å². The third-order valence-corrected chi connectivity index (χ3v) is 5.80. The first-order valence-corrected chi connectivity index (χ1v) is 12.3. The van der Waals surface area contributed by atoms with Crippen molar-refractivity contribution in [2.24, 2.45) is 7.05 Å². The van der Waals surface area contributed by atoms with Crippen LogP contribution in [0.2, 0.25) is 0 Å². The zero-order valence-electron chi connectivity index (χ0n) is 21.4. The Bertz CT molecular complexity index is 1200. The normalized spacial score (nSPS) is 12.4. The Morgan fingerprint density at radius 1 is 1.00 bits per heavy atom. The van der Waals surface area contributed by atoms with Crippen molar-refractivity contribution in [3.05, 3.63) is 89.9 Å². The Balaban J connectivity index is 1.68. The van der Waals surface area contributed by atoms with Crippen LogP contribution in [-0.2, 0) is 24.9 Å². The highest BCUT2D eigenvalue weighted by molar-refractivity contribution is 5.65. The van der Waals surface area contributed by atoms with Crippen LogP contribution >= 0.6 is 0 Å². The van der Waals surface area contributed by atoms with Gasteiger partial charge in [-0.25, -0.2) is 4.68 Å². The van der Waals surface area contributed by atoms with Crippen LogP contribution in [0, 0.1) is 6.92 Å². The minimum absolute atomic E-state index is 0.0516. The lowest BCUT2D eigenvalue weighted by molar-refractivity contribution is -0.0114. The molecule has 4 rings (SSSR count). The van der Waals surface area contributed by atoms with Gasteiger partial charge in [-0.1, -0.05) is 48.0 Å². The van der Waals surface area contributed by atoms with Crippen molar-refractivity contribution < 1.29 is 19.0 Å². The van der Waals surface area contributed by atoms with E-state index in [-0.39, 0.29) is 12.7 Å². The number of aliphatic hydroxyl groups is 1. The molecular weight excluding hydrogens is 454 g/mol. The molecule has 190 valence electrons. The van der Waals surface area contributed by atoms with Gasteiger partial charge in [0.05, 0.1) is 37.2 Å². The molecule has 0 amide bonds. The topological polar surface area (TPSA) is 72.9 Å².